The number of nitrogens with two attached hydrogens (primary N) is 1. The van der Waals surface area contributed by atoms with Gasteiger partial charge < -0.3 is 16.2 Å². The van der Waals surface area contributed by atoms with E-state index in [0.717, 1.165) is 0 Å². The molecule has 1 atom stereocenters. The number of aliphatic hydroxyl groups is 1. The Kier molecular flexibility index (Phi) is 3.45. The minimum Gasteiger partial charge on any atom is -0.391 e. The van der Waals surface area contributed by atoms with Gasteiger partial charge >= 0.3 is 0 Å². The third-order valence-corrected chi connectivity index (χ3v) is 1.64. The first-order valence-corrected chi connectivity index (χ1v) is 4.23. The van der Waals surface area contributed by atoms with Crippen molar-refractivity contribution in [3.8, 4) is 0 Å². The van der Waals surface area contributed by atoms with Crippen LogP contribution in [0.15, 0.2) is 12.3 Å². The minimum atomic E-state index is -0.370. The largest absolute Gasteiger partial charge is 0.391 e. The molecule has 0 saturated heterocycles. The Balaban J connectivity index is 2.45. The van der Waals surface area contributed by atoms with E-state index in [0.29, 0.717) is 24.7 Å². The van der Waals surface area contributed by atoms with Crippen molar-refractivity contribution in [2.45, 2.75) is 19.4 Å². The molecule has 1 unspecified atom stereocenters. The summed E-state index contributed by atoms with van der Waals surface area (Å²) >= 11 is 0. The molecule has 0 bridgehead atoms. The number of anilines is 2. The van der Waals surface area contributed by atoms with Crippen molar-refractivity contribution in [3.05, 3.63) is 12.3 Å². The molecule has 0 fully saturated rings. The topological polar surface area (TPSA) is 84.1 Å². The molecule has 0 saturated carbocycles. The number of rotatable bonds is 4. The van der Waals surface area contributed by atoms with Crippen molar-refractivity contribution < 1.29 is 5.11 Å². The molecule has 1 aromatic rings. The predicted molar refractivity (Wildman–Crippen MR) is 51.2 cm³/mol. The lowest BCUT2D eigenvalue weighted by molar-refractivity contribution is 0.183. The van der Waals surface area contributed by atoms with Crippen LogP contribution in [0.1, 0.15) is 13.3 Å². The fraction of sp³-hybridized carbons (Fsp3) is 0.500. The van der Waals surface area contributed by atoms with E-state index >= 15 is 0 Å². The van der Waals surface area contributed by atoms with E-state index in [9.17, 15) is 5.11 Å². The van der Waals surface area contributed by atoms with Gasteiger partial charge in [0.05, 0.1) is 6.10 Å². The highest BCUT2D eigenvalue weighted by Crippen LogP contribution is 2.01. The van der Waals surface area contributed by atoms with Crippen molar-refractivity contribution in [1.29, 1.82) is 0 Å². The highest BCUT2D eigenvalue weighted by atomic mass is 16.3. The van der Waals surface area contributed by atoms with Crippen LogP contribution in [0.4, 0.5) is 11.8 Å². The Labute approximate surface area is 77.0 Å². The summed E-state index contributed by atoms with van der Waals surface area (Å²) in [5.74, 6) is 0.871. The molecule has 0 amide bonds. The molecule has 1 rings (SSSR count). The van der Waals surface area contributed by atoms with Gasteiger partial charge in [-0.1, -0.05) is 6.92 Å². The van der Waals surface area contributed by atoms with Crippen LogP contribution in [0.5, 0.6) is 0 Å². The quantitative estimate of drug-likeness (QED) is 0.621. The Hall–Kier alpha value is -1.36. The summed E-state index contributed by atoms with van der Waals surface area (Å²) in [7, 11) is 0. The van der Waals surface area contributed by atoms with Crippen LogP contribution < -0.4 is 11.1 Å². The molecule has 5 heteroatoms. The fourth-order valence-corrected chi connectivity index (χ4v) is 0.811. The van der Waals surface area contributed by atoms with Crippen LogP contribution >= 0.6 is 0 Å². The van der Waals surface area contributed by atoms with E-state index in [1.807, 2.05) is 6.92 Å². The van der Waals surface area contributed by atoms with Gasteiger partial charge in [-0.15, -0.1) is 0 Å². The number of aliphatic hydroxyl groups excluding tert-OH is 1. The third kappa shape index (κ3) is 3.25. The zero-order valence-corrected chi connectivity index (χ0v) is 7.57. The Morgan fingerprint density at radius 1 is 1.69 bits per heavy atom. The molecule has 72 valence electrons. The summed E-state index contributed by atoms with van der Waals surface area (Å²) in [6, 6.07) is 1.61. The summed E-state index contributed by atoms with van der Waals surface area (Å²) in [4.78, 5) is 7.86. The maximum atomic E-state index is 9.24. The molecule has 1 heterocycles. The van der Waals surface area contributed by atoms with Crippen LogP contribution in [0.25, 0.3) is 0 Å². The molecule has 5 nitrogen and oxygen atoms in total. The molecule has 0 aliphatic rings. The van der Waals surface area contributed by atoms with Gasteiger partial charge in [-0.25, -0.2) is 4.98 Å². The Bertz CT molecular complexity index is 266. The zero-order chi connectivity index (χ0) is 9.68. The predicted octanol–water partition coefficient (Wildman–Crippen LogP) is 0.242. The first-order chi connectivity index (χ1) is 6.22. The van der Waals surface area contributed by atoms with E-state index in [1.54, 1.807) is 12.3 Å². The highest BCUT2D eigenvalue weighted by Gasteiger charge is 2.01. The van der Waals surface area contributed by atoms with Gasteiger partial charge in [-0.05, 0) is 12.5 Å². The first kappa shape index (κ1) is 9.73. The monoisotopic (exact) mass is 182 g/mol. The summed E-state index contributed by atoms with van der Waals surface area (Å²) in [5, 5.41) is 12.1. The Morgan fingerprint density at radius 2 is 2.46 bits per heavy atom. The standard InChI is InChI=1S/C8H14N4O/c1-2-6(13)5-11-8-10-4-3-7(9)12-8/h3-4,6,13H,2,5H2,1H3,(H3,9,10,11,12). The summed E-state index contributed by atoms with van der Waals surface area (Å²) in [6.07, 6.45) is 1.91. The van der Waals surface area contributed by atoms with E-state index in [1.165, 1.54) is 0 Å². The van der Waals surface area contributed by atoms with Gasteiger partial charge in [0, 0.05) is 12.7 Å². The number of hydrogen-bond donors (Lipinski definition) is 3. The molecule has 0 spiro atoms. The van der Waals surface area contributed by atoms with E-state index in [2.05, 4.69) is 15.3 Å². The summed E-state index contributed by atoms with van der Waals surface area (Å²) in [6.45, 7) is 2.35. The molecular formula is C8H14N4O. The van der Waals surface area contributed by atoms with Gasteiger partial charge in [-0.2, -0.15) is 4.98 Å². The molecule has 0 radical (unpaired) electrons. The summed E-state index contributed by atoms with van der Waals surface area (Å²) in [5.41, 5.74) is 5.44. The molecule has 0 aromatic carbocycles. The van der Waals surface area contributed by atoms with Crippen molar-refractivity contribution >= 4 is 11.8 Å². The van der Waals surface area contributed by atoms with Crippen molar-refractivity contribution in [1.82, 2.24) is 9.97 Å². The number of nitrogen functional groups attached to an aromatic ring is 1. The SMILES string of the molecule is CCC(O)CNc1nccc(N)n1. The zero-order valence-electron chi connectivity index (χ0n) is 7.57. The summed E-state index contributed by atoms with van der Waals surface area (Å²) < 4.78 is 0. The molecule has 0 aliphatic carbocycles. The van der Waals surface area contributed by atoms with E-state index in [4.69, 9.17) is 5.73 Å². The number of hydrogen-bond acceptors (Lipinski definition) is 5. The number of nitrogens with one attached hydrogen (secondary N) is 1. The van der Waals surface area contributed by atoms with Crippen molar-refractivity contribution in [2.24, 2.45) is 0 Å². The van der Waals surface area contributed by atoms with Crippen LogP contribution in [-0.4, -0.2) is 27.7 Å². The molecular weight excluding hydrogens is 168 g/mol. The van der Waals surface area contributed by atoms with E-state index < -0.39 is 0 Å². The lowest BCUT2D eigenvalue weighted by atomic mass is 10.3. The minimum absolute atomic E-state index is 0.370. The van der Waals surface area contributed by atoms with Gasteiger partial charge in [-0.3, -0.25) is 0 Å². The average Bonchev–Trinajstić information content (AvgIpc) is 2.14. The van der Waals surface area contributed by atoms with Crippen LogP contribution in [0, 0.1) is 0 Å². The lowest BCUT2D eigenvalue weighted by Crippen LogP contribution is -2.19. The second-order valence-electron chi connectivity index (χ2n) is 2.75. The maximum Gasteiger partial charge on any atom is 0.224 e. The van der Waals surface area contributed by atoms with Crippen LogP contribution in [0.3, 0.4) is 0 Å². The molecule has 0 aliphatic heterocycles. The molecule has 1 aromatic heterocycles. The number of nitrogens with zero attached hydrogens (tertiary/aromatic N) is 2. The van der Waals surface area contributed by atoms with Gasteiger partial charge in [0.1, 0.15) is 5.82 Å². The normalized spacial score (nSPS) is 12.5. The smallest absolute Gasteiger partial charge is 0.224 e. The Morgan fingerprint density at radius 3 is 3.08 bits per heavy atom. The average molecular weight is 182 g/mol. The first-order valence-electron chi connectivity index (χ1n) is 4.23. The van der Waals surface area contributed by atoms with Crippen LogP contribution in [0.2, 0.25) is 0 Å². The highest BCUT2D eigenvalue weighted by molar-refractivity contribution is 5.34. The molecule has 13 heavy (non-hydrogen) atoms. The maximum absolute atomic E-state index is 9.24. The van der Waals surface area contributed by atoms with Gasteiger partial charge in [0.2, 0.25) is 5.95 Å². The third-order valence-electron chi connectivity index (χ3n) is 1.64. The van der Waals surface area contributed by atoms with Crippen LogP contribution in [-0.2, 0) is 0 Å². The van der Waals surface area contributed by atoms with Gasteiger partial charge in [0.15, 0.2) is 0 Å². The second-order valence-corrected chi connectivity index (χ2v) is 2.75. The van der Waals surface area contributed by atoms with Crippen molar-refractivity contribution in [2.75, 3.05) is 17.6 Å². The lowest BCUT2D eigenvalue weighted by Gasteiger charge is -2.08. The van der Waals surface area contributed by atoms with Crippen molar-refractivity contribution in [3.63, 3.8) is 0 Å². The van der Waals surface area contributed by atoms with Gasteiger partial charge in [0.25, 0.3) is 0 Å². The van der Waals surface area contributed by atoms with E-state index in [-0.39, 0.29) is 6.10 Å². The fourth-order valence-electron chi connectivity index (χ4n) is 0.811. The molecule has 4 N–H and O–H groups in total. The second kappa shape index (κ2) is 4.61. The number of aromatic nitrogens is 2.